The van der Waals surface area contributed by atoms with E-state index in [0.29, 0.717) is 58.8 Å². The molecule has 120 valence electrons. The van der Waals surface area contributed by atoms with Gasteiger partial charge in [0, 0.05) is 19.0 Å². The van der Waals surface area contributed by atoms with Gasteiger partial charge >= 0.3 is 0 Å². The lowest BCUT2D eigenvalue weighted by Crippen LogP contribution is -2.25. The molecule has 0 aliphatic carbocycles. The molecule has 0 radical (unpaired) electrons. The largest absolute Gasteiger partial charge is 0.380 e. The van der Waals surface area contributed by atoms with Crippen molar-refractivity contribution in [1.29, 1.82) is 0 Å². The predicted octanol–water partition coefficient (Wildman–Crippen LogP) is 0.309. The molecule has 6 heteroatoms. The van der Waals surface area contributed by atoms with Crippen LogP contribution < -0.4 is 5.32 Å². The number of hydrogen-bond acceptors (Lipinski definition) is 6. The van der Waals surface area contributed by atoms with Gasteiger partial charge < -0.3 is 29.0 Å². The van der Waals surface area contributed by atoms with E-state index in [1.807, 2.05) is 0 Å². The molecule has 0 saturated carbocycles. The smallest absolute Gasteiger partial charge is 0.0701 e. The van der Waals surface area contributed by atoms with Crippen molar-refractivity contribution >= 4 is 0 Å². The Morgan fingerprint density at radius 2 is 1.00 bits per heavy atom. The van der Waals surface area contributed by atoms with Gasteiger partial charge in [0.25, 0.3) is 0 Å². The van der Waals surface area contributed by atoms with E-state index in [1.54, 1.807) is 0 Å². The zero-order valence-corrected chi connectivity index (χ0v) is 12.6. The summed E-state index contributed by atoms with van der Waals surface area (Å²) in [4.78, 5) is 0. The molecule has 1 rings (SSSR count). The normalized spacial score (nSPS) is 27.1. The Labute approximate surface area is 122 Å². The van der Waals surface area contributed by atoms with Gasteiger partial charge in [0.15, 0.2) is 0 Å². The van der Waals surface area contributed by atoms with E-state index in [-0.39, 0.29) is 0 Å². The molecule has 1 N–H and O–H groups in total. The van der Waals surface area contributed by atoms with Gasteiger partial charge in [-0.2, -0.15) is 0 Å². The topological polar surface area (TPSA) is 58.2 Å². The molecule has 20 heavy (non-hydrogen) atoms. The molecule has 1 saturated heterocycles. The Morgan fingerprint density at radius 3 is 1.60 bits per heavy atom. The first kappa shape index (κ1) is 17.8. The lowest BCUT2D eigenvalue weighted by molar-refractivity contribution is -0.00918. The van der Waals surface area contributed by atoms with E-state index in [4.69, 9.17) is 23.7 Å². The van der Waals surface area contributed by atoms with Gasteiger partial charge in [0.05, 0.1) is 66.1 Å². The SMILES string of the molecule is CC1COCCNCCOCCOCCOCCOC1. The van der Waals surface area contributed by atoms with Crippen LogP contribution in [0.4, 0.5) is 0 Å². The van der Waals surface area contributed by atoms with Crippen LogP contribution in [0.3, 0.4) is 0 Å². The van der Waals surface area contributed by atoms with E-state index in [2.05, 4.69) is 12.2 Å². The number of nitrogens with one attached hydrogen (secondary N) is 1. The van der Waals surface area contributed by atoms with Crippen LogP contribution >= 0.6 is 0 Å². The van der Waals surface area contributed by atoms with E-state index in [0.717, 1.165) is 26.3 Å². The zero-order valence-electron chi connectivity index (χ0n) is 12.6. The monoisotopic (exact) mass is 291 g/mol. The highest BCUT2D eigenvalue weighted by molar-refractivity contribution is 4.51. The van der Waals surface area contributed by atoms with Crippen LogP contribution in [-0.4, -0.2) is 79.2 Å². The molecule has 1 heterocycles. The van der Waals surface area contributed by atoms with E-state index in [9.17, 15) is 0 Å². The summed E-state index contributed by atoms with van der Waals surface area (Å²) in [7, 11) is 0. The zero-order chi connectivity index (χ0) is 14.3. The van der Waals surface area contributed by atoms with Crippen LogP contribution in [0.5, 0.6) is 0 Å². The molecule has 1 atom stereocenters. The van der Waals surface area contributed by atoms with Crippen LogP contribution in [0.1, 0.15) is 6.92 Å². The summed E-state index contributed by atoms with van der Waals surface area (Å²) in [5.74, 6) is 0.406. The number of rotatable bonds is 0. The molecular formula is C14H29NO5. The fourth-order valence-electron chi connectivity index (χ4n) is 1.69. The van der Waals surface area contributed by atoms with Crippen molar-refractivity contribution in [3.05, 3.63) is 0 Å². The minimum atomic E-state index is 0.406. The van der Waals surface area contributed by atoms with Crippen LogP contribution in [0, 0.1) is 5.92 Å². The maximum atomic E-state index is 5.58. The fourth-order valence-corrected chi connectivity index (χ4v) is 1.69. The fraction of sp³-hybridized carbons (Fsp3) is 1.00. The van der Waals surface area contributed by atoms with Crippen molar-refractivity contribution in [3.8, 4) is 0 Å². The Balaban J connectivity index is 2.09. The molecule has 0 aromatic rings. The highest BCUT2D eigenvalue weighted by Crippen LogP contribution is 1.97. The van der Waals surface area contributed by atoms with Crippen molar-refractivity contribution in [2.24, 2.45) is 5.92 Å². The van der Waals surface area contributed by atoms with Crippen molar-refractivity contribution < 1.29 is 23.7 Å². The van der Waals surface area contributed by atoms with Crippen molar-refractivity contribution in [3.63, 3.8) is 0 Å². The molecule has 1 aliphatic heterocycles. The van der Waals surface area contributed by atoms with E-state index < -0.39 is 0 Å². The molecule has 0 spiro atoms. The first-order chi connectivity index (χ1) is 9.89. The third-order valence-corrected chi connectivity index (χ3v) is 2.77. The van der Waals surface area contributed by atoms with Crippen LogP contribution in [0.25, 0.3) is 0 Å². The summed E-state index contributed by atoms with van der Waals surface area (Å²) in [5, 5.41) is 3.27. The van der Waals surface area contributed by atoms with Crippen molar-refractivity contribution in [2.45, 2.75) is 6.92 Å². The summed E-state index contributed by atoms with van der Waals surface area (Å²) in [6.45, 7) is 10.3. The third-order valence-electron chi connectivity index (χ3n) is 2.77. The third kappa shape index (κ3) is 11.6. The molecule has 1 unspecified atom stereocenters. The van der Waals surface area contributed by atoms with Gasteiger partial charge in [-0.3, -0.25) is 0 Å². The van der Waals surface area contributed by atoms with Crippen molar-refractivity contribution in [2.75, 3.05) is 79.2 Å². The van der Waals surface area contributed by atoms with Gasteiger partial charge in [-0.15, -0.1) is 0 Å². The molecule has 1 fully saturated rings. The van der Waals surface area contributed by atoms with E-state index >= 15 is 0 Å². The summed E-state index contributed by atoms with van der Waals surface area (Å²) in [6.07, 6.45) is 0. The standard InChI is InChI=1S/C14H29NO5/c1-14-12-19-5-3-15-2-4-16-6-7-17-8-9-18-10-11-20-13-14/h14-15H,2-13H2,1H3. The predicted molar refractivity (Wildman–Crippen MR) is 76.1 cm³/mol. The Kier molecular flexibility index (Phi) is 12.2. The summed E-state index contributed by atoms with van der Waals surface area (Å²) in [6, 6.07) is 0. The van der Waals surface area contributed by atoms with E-state index in [1.165, 1.54) is 0 Å². The van der Waals surface area contributed by atoms with Gasteiger partial charge in [0.1, 0.15) is 0 Å². The summed E-state index contributed by atoms with van der Waals surface area (Å²) < 4.78 is 27.3. The molecule has 6 nitrogen and oxygen atoms in total. The highest BCUT2D eigenvalue weighted by Gasteiger charge is 2.02. The Hall–Kier alpha value is -0.240. The molecular weight excluding hydrogens is 262 g/mol. The molecule has 0 amide bonds. The number of hydrogen-bond donors (Lipinski definition) is 1. The second-order valence-corrected chi connectivity index (χ2v) is 4.84. The quantitative estimate of drug-likeness (QED) is 0.693. The average molecular weight is 291 g/mol. The minimum absolute atomic E-state index is 0.406. The minimum Gasteiger partial charge on any atom is -0.380 e. The molecule has 1 aliphatic rings. The average Bonchev–Trinajstić information content (AvgIpc) is 2.45. The summed E-state index contributed by atoms with van der Waals surface area (Å²) in [5.41, 5.74) is 0. The van der Waals surface area contributed by atoms with Gasteiger partial charge in [-0.25, -0.2) is 0 Å². The second-order valence-electron chi connectivity index (χ2n) is 4.84. The van der Waals surface area contributed by atoms with Crippen LogP contribution in [0.2, 0.25) is 0 Å². The number of ether oxygens (including phenoxy) is 5. The van der Waals surface area contributed by atoms with Crippen LogP contribution in [-0.2, 0) is 23.7 Å². The maximum Gasteiger partial charge on any atom is 0.0701 e. The Morgan fingerprint density at radius 1 is 0.600 bits per heavy atom. The lowest BCUT2D eigenvalue weighted by atomic mass is 10.2. The first-order valence-corrected chi connectivity index (χ1v) is 7.49. The molecule has 0 aromatic carbocycles. The van der Waals surface area contributed by atoms with Crippen molar-refractivity contribution in [1.82, 2.24) is 5.32 Å². The highest BCUT2D eigenvalue weighted by atomic mass is 16.6. The van der Waals surface area contributed by atoms with Crippen LogP contribution in [0.15, 0.2) is 0 Å². The maximum absolute atomic E-state index is 5.58. The molecule has 0 aromatic heterocycles. The van der Waals surface area contributed by atoms with Gasteiger partial charge in [0.2, 0.25) is 0 Å². The second kappa shape index (κ2) is 13.7. The summed E-state index contributed by atoms with van der Waals surface area (Å²) >= 11 is 0. The van der Waals surface area contributed by atoms with Gasteiger partial charge in [-0.1, -0.05) is 6.92 Å². The first-order valence-electron chi connectivity index (χ1n) is 7.49. The molecule has 0 bridgehead atoms. The lowest BCUT2D eigenvalue weighted by Gasteiger charge is -2.13. The van der Waals surface area contributed by atoms with Gasteiger partial charge in [-0.05, 0) is 0 Å². The Bertz CT molecular complexity index is 186.